The molecule has 1 aromatic carbocycles. The first-order valence-electron chi connectivity index (χ1n) is 11.7. The number of ether oxygens (including phenoxy) is 1. The van der Waals surface area contributed by atoms with Crippen molar-refractivity contribution in [2.45, 2.75) is 31.1 Å². The highest BCUT2D eigenvalue weighted by molar-refractivity contribution is 7.92. The highest BCUT2D eigenvalue weighted by Gasteiger charge is 2.54. The topological polar surface area (TPSA) is 114 Å². The van der Waals surface area contributed by atoms with E-state index in [0.29, 0.717) is 6.61 Å². The minimum absolute atomic E-state index is 0.138. The van der Waals surface area contributed by atoms with Crippen molar-refractivity contribution >= 4 is 38.2 Å². The SMILES string of the molecule is CNCCCOc1ncc(-c2ccc3ncc4c(c3c2)C2(CCC2)C(=O)N4C)cc1NS(C)(=O)=O. The Balaban J connectivity index is 1.57. The first kappa shape index (κ1) is 23.5. The van der Waals surface area contributed by atoms with Gasteiger partial charge in [0.15, 0.2) is 0 Å². The van der Waals surface area contributed by atoms with E-state index in [4.69, 9.17) is 4.74 Å². The van der Waals surface area contributed by atoms with Crippen LogP contribution in [0.1, 0.15) is 31.2 Å². The number of amides is 1. The van der Waals surface area contributed by atoms with Gasteiger partial charge in [0.1, 0.15) is 5.69 Å². The van der Waals surface area contributed by atoms with Gasteiger partial charge < -0.3 is 15.0 Å². The lowest BCUT2D eigenvalue weighted by atomic mass is 9.64. The van der Waals surface area contributed by atoms with Crippen molar-refractivity contribution in [3.8, 4) is 17.0 Å². The zero-order valence-electron chi connectivity index (χ0n) is 20.1. The first-order chi connectivity index (χ1) is 16.7. The number of likely N-dealkylation sites (N-methyl/N-ethyl adjacent to an activating group) is 1. The lowest BCUT2D eigenvalue weighted by molar-refractivity contribution is -0.125. The quantitative estimate of drug-likeness (QED) is 0.462. The fraction of sp³-hybridized carbons (Fsp3) is 0.400. The number of hydrogen-bond acceptors (Lipinski definition) is 7. The summed E-state index contributed by atoms with van der Waals surface area (Å²) in [6, 6.07) is 7.63. The molecule has 0 saturated heterocycles. The van der Waals surface area contributed by atoms with Crippen molar-refractivity contribution in [1.82, 2.24) is 15.3 Å². The Bertz CT molecular complexity index is 1420. The van der Waals surface area contributed by atoms with E-state index in [-0.39, 0.29) is 17.5 Å². The van der Waals surface area contributed by atoms with Crippen LogP contribution in [0.25, 0.3) is 22.0 Å². The molecule has 2 N–H and O–H groups in total. The normalized spacial score (nSPS) is 16.4. The summed E-state index contributed by atoms with van der Waals surface area (Å²) in [7, 11) is 0.138. The summed E-state index contributed by atoms with van der Waals surface area (Å²) in [4.78, 5) is 23.9. The number of aromatic nitrogens is 2. The van der Waals surface area contributed by atoms with E-state index >= 15 is 0 Å². The van der Waals surface area contributed by atoms with Crippen LogP contribution < -0.4 is 19.7 Å². The number of carbonyl (C=O) groups is 1. The van der Waals surface area contributed by atoms with E-state index < -0.39 is 15.4 Å². The predicted octanol–water partition coefficient (Wildman–Crippen LogP) is 3.05. The first-order valence-corrected chi connectivity index (χ1v) is 13.6. The van der Waals surface area contributed by atoms with Crippen LogP contribution in [-0.2, 0) is 20.2 Å². The summed E-state index contributed by atoms with van der Waals surface area (Å²) >= 11 is 0. The fourth-order valence-corrected chi connectivity index (χ4v) is 5.61. The molecule has 1 saturated carbocycles. The Morgan fingerprint density at radius 1 is 1.14 bits per heavy atom. The van der Waals surface area contributed by atoms with Gasteiger partial charge in [-0.3, -0.25) is 14.5 Å². The molecule has 3 heterocycles. The van der Waals surface area contributed by atoms with E-state index in [0.717, 1.165) is 71.8 Å². The van der Waals surface area contributed by atoms with E-state index in [9.17, 15) is 13.2 Å². The molecule has 10 heteroatoms. The number of fused-ring (bicyclic) bond motifs is 4. The number of carbonyl (C=O) groups excluding carboxylic acids is 1. The van der Waals surface area contributed by atoms with Gasteiger partial charge in [-0.1, -0.05) is 12.5 Å². The van der Waals surface area contributed by atoms with Crippen molar-refractivity contribution in [3.63, 3.8) is 0 Å². The van der Waals surface area contributed by atoms with E-state index in [1.54, 1.807) is 23.4 Å². The Morgan fingerprint density at radius 3 is 2.63 bits per heavy atom. The second kappa shape index (κ2) is 8.76. The molecule has 0 bridgehead atoms. The van der Waals surface area contributed by atoms with Crippen molar-refractivity contribution in [2.24, 2.45) is 0 Å². The standard InChI is InChI=1S/C25H29N5O4S/c1-26-10-5-11-34-23-20(29-35(3,32)33)13-17(14-28-23)16-6-7-19-18(12-16)22-21(15-27-19)30(2)24(31)25(22)8-4-9-25/h6-7,12-15,26,29H,4-5,8-11H2,1-3H3. The second-order valence-electron chi connectivity index (χ2n) is 9.31. The molecule has 5 rings (SSSR count). The van der Waals surface area contributed by atoms with Crippen molar-refractivity contribution in [3.05, 3.63) is 42.2 Å². The van der Waals surface area contributed by atoms with Crippen molar-refractivity contribution in [1.29, 1.82) is 0 Å². The van der Waals surface area contributed by atoms with Crippen molar-refractivity contribution in [2.75, 3.05) is 43.1 Å². The maximum Gasteiger partial charge on any atom is 0.238 e. The van der Waals surface area contributed by atoms with Gasteiger partial charge in [0.2, 0.25) is 21.8 Å². The van der Waals surface area contributed by atoms with Crippen LogP contribution >= 0.6 is 0 Å². The maximum atomic E-state index is 13.1. The summed E-state index contributed by atoms with van der Waals surface area (Å²) in [6.45, 7) is 1.19. The Morgan fingerprint density at radius 2 is 1.94 bits per heavy atom. The average Bonchev–Trinajstić information content (AvgIpc) is 3.03. The zero-order chi connectivity index (χ0) is 24.8. The summed E-state index contributed by atoms with van der Waals surface area (Å²) in [6.07, 6.45) is 8.04. The summed E-state index contributed by atoms with van der Waals surface area (Å²) < 4.78 is 32.3. The molecule has 35 heavy (non-hydrogen) atoms. The van der Waals surface area contributed by atoms with Gasteiger partial charge in [0, 0.05) is 29.8 Å². The van der Waals surface area contributed by atoms with Crippen LogP contribution in [0.2, 0.25) is 0 Å². The van der Waals surface area contributed by atoms with Crippen LogP contribution in [0.5, 0.6) is 5.88 Å². The number of benzene rings is 1. The summed E-state index contributed by atoms with van der Waals surface area (Å²) in [5.74, 6) is 0.374. The highest BCUT2D eigenvalue weighted by atomic mass is 32.2. The largest absolute Gasteiger partial charge is 0.476 e. The number of rotatable bonds is 8. The molecule has 0 atom stereocenters. The number of sulfonamides is 1. The predicted molar refractivity (Wildman–Crippen MR) is 136 cm³/mol. The molecular weight excluding hydrogens is 466 g/mol. The average molecular weight is 496 g/mol. The lowest BCUT2D eigenvalue weighted by Gasteiger charge is -2.37. The number of nitrogens with one attached hydrogen (secondary N) is 2. The molecule has 2 aliphatic rings. The van der Waals surface area contributed by atoms with Crippen molar-refractivity contribution < 1.29 is 17.9 Å². The monoisotopic (exact) mass is 495 g/mol. The van der Waals surface area contributed by atoms with Crippen LogP contribution in [0.3, 0.4) is 0 Å². The van der Waals surface area contributed by atoms with Gasteiger partial charge in [0.25, 0.3) is 0 Å². The number of nitrogens with zero attached hydrogens (tertiary/aromatic N) is 3. The molecule has 0 unspecified atom stereocenters. The van der Waals surface area contributed by atoms with E-state index in [1.807, 2.05) is 32.3 Å². The third-order valence-electron chi connectivity index (χ3n) is 6.90. The zero-order valence-corrected chi connectivity index (χ0v) is 20.9. The van der Waals surface area contributed by atoms with Crippen LogP contribution in [0.15, 0.2) is 36.7 Å². The fourth-order valence-electron chi connectivity index (χ4n) is 5.07. The molecular formula is C25H29N5O4S. The number of hydrogen-bond donors (Lipinski definition) is 2. The maximum absolute atomic E-state index is 13.1. The molecule has 9 nitrogen and oxygen atoms in total. The Hall–Kier alpha value is -3.24. The molecule has 0 radical (unpaired) electrons. The molecule has 1 fully saturated rings. The lowest BCUT2D eigenvalue weighted by Crippen LogP contribution is -2.43. The minimum atomic E-state index is -3.54. The van der Waals surface area contributed by atoms with Crippen LogP contribution in [0, 0.1) is 0 Å². The number of anilines is 2. The third kappa shape index (κ3) is 4.10. The smallest absolute Gasteiger partial charge is 0.238 e. The van der Waals surface area contributed by atoms with Crippen LogP contribution in [-0.4, -0.2) is 57.8 Å². The molecule has 3 aromatic rings. The highest BCUT2D eigenvalue weighted by Crippen LogP contribution is 2.55. The minimum Gasteiger partial charge on any atom is -0.476 e. The molecule has 1 aliphatic heterocycles. The molecule has 2 aromatic heterocycles. The van der Waals surface area contributed by atoms with Gasteiger partial charge in [-0.05, 0) is 56.6 Å². The molecule has 184 valence electrons. The Labute approximate surface area is 205 Å². The van der Waals surface area contributed by atoms with Crippen LogP contribution in [0.4, 0.5) is 11.4 Å². The Kier molecular flexibility index (Phi) is 5.88. The second-order valence-corrected chi connectivity index (χ2v) is 11.1. The molecule has 1 spiro atoms. The van der Waals surface area contributed by atoms with Gasteiger partial charge in [-0.15, -0.1) is 0 Å². The summed E-state index contributed by atoms with van der Waals surface area (Å²) in [5.41, 5.74) is 4.16. The van der Waals surface area contributed by atoms with E-state index in [2.05, 4.69) is 20.0 Å². The molecule has 1 amide bonds. The van der Waals surface area contributed by atoms with Gasteiger partial charge in [-0.2, -0.15) is 0 Å². The summed E-state index contributed by atoms with van der Waals surface area (Å²) in [5, 5.41) is 3.99. The van der Waals surface area contributed by atoms with Gasteiger partial charge in [0.05, 0.1) is 35.7 Å². The van der Waals surface area contributed by atoms with E-state index in [1.165, 1.54) is 0 Å². The molecule has 1 aliphatic carbocycles. The van der Waals surface area contributed by atoms with Gasteiger partial charge in [-0.25, -0.2) is 13.4 Å². The van der Waals surface area contributed by atoms with Gasteiger partial charge >= 0.3 is 0 Å². The third-order valence-corrected chi connectivity index (χ3v) is 7.49. The number of pyridine rings is 2.